The SMILES string of the molecule is CCCCCCCCCCC(CC)C(CCCCCCCCCC)(CCCCCCCCCC)CCCCCCCCCC. The Labute approximate surface area is 282 Å². The van der Waals surface area contributed by atoms with Crippen molar-refractivity contribution in [2.24, 2.45) is 11.3 Å². The van der Waals surface area contributed by atoms with Gasteiger partial charge in [-0.2, -0.15) is 0 Å². The van der Waals surface area contributed by atoms with Crippen LogP contribution in [0.25, 0.3) is 0 Å². The highest BCUT2D eigenvalue weighted by molar-refractivity contribution is 4.86. The third-order valence-corrected chi connectivity index (χ3v) is 11.3. The van der Waals surface area contributed by atoms with Gasteiger partial charge in [0.2, 0.25) is 0 Å². The fraction of sp³-hybridized carbons (Fsp3) is 1.00. The molecule has 0 bridgehead atoms. The fourth-order valence-electron chi connectivity index (χ4n) is 8.29. The zero-order chi connectivity index (χ0) is 32.2. The van der Waals surface area contributed by atoms with Crippen molar-refractivity contribution in [3.63, 3.8) is 0 Å². The Morgan fingerprint density at radius 1 is 0.273 bits per heavy atom. The molecule has 0 spiro atoms. The van der Waals surface area contributed by atoms with Gasteiger partial charge in [0.1, 0.15) is 0 Å². The molecule has 1 atom stereocenters. The monoisotopic (exact) mass is 619 g/mol. The molecule has 44 heavy (non-hydrogen) atoms. The van der Waals surface area contributed by atoms with Gasteiger partial charge < -0.3 is 0 Å². The van der Waals surface area contributed by atoms with Gasteiger partial charge in [-0.25, -0.2) is 0 Å². The highest BCUT2D eigenvalue weighted by Crippen LogP contribution is 2.47. The van der Waals surface area contributed by atoms with Gasteiger partial charge in [-0.15, -0.1) is 0 Å². The van der Waals surface area contributed by atoms with Crippen molar-refractivity contribution in [1.82, 2.24) is 0 Å². The summed E-state index contributed by atoms with van der Waals surface area (Å²) >= 11 is 0. The normalized spacial score (nSPS) is 12.8. The summed E-state index contributed by atoms with van der Waals surface area (Å²) in [5.41, 5.74) is 0.641. The van der Waals surface area contributed by atoms with Crippen LogP contribution in [0, 0.1) is 11.3 Å². The van der Waals surface area contributed by atoms with Gasteiger partial charge in [0.25, 0.3) is 0 Å². The molecule has 0 aromatic heterocycles. The van der Waals surface area contributed by atoms with Crippen LogP contribution in [0.1, 0.15) is 272 Å². The maximum absolute atomic E-state index is 2.57. The van der Waals surface area contributed by atoms with Crippen molar-refractivity contribution in [3.8, 4) is 0 Å². The first-order valence-electron chi connectivity index (χ1n) is 21.7. The predicted molar refractivity (Wildman–Crippen MR) is 205 cm³/mol. The van der Waals surface area contributed by atoms with Crippen molar-refractivity contribution in [1.29, 1.82) is 0 Å². The molecule has 0 aromatic carbocycles. The van der Waals surface area contributed by atoms with Gasteiger partial charge in [-0.05, 0) is 37.0 Å². The summed E-state index contributed by atoms with van der Waals surface area (Å²) in [5, 5.41) is 0. The highest BCUT2D eigenvalue weighted by Gasteiger charge is 2.35. The van der Waals surface area contributed by atoms with E-state index >= 15 is 0 Å². The lowest BCUT2D eigenvalue weighted by Crippen LogP contribution is -2.31. The molecular formula is C44H90. The summed E-state index contributed by atoms with van der Waals surface area (Å²) in [6, 6.07) is 0. The predicted octanol–water partition coefficient (Wildman–Crippen LogP) is 17.1. The molecular weight excluding hydrogens is 528 g/mol. The molecule has 0 fully saturated rings. The summed E-state index contributed by atoms with van der Waals surface area (Å²) in [6.07, 6.45) is 54.5. The fourth-order valence-corrected chi connectivity index (χ4v) is 8.29. The van der Waals surface area contributed by atoms with Crippen LogP contribution in [0.4, 0.5) is 0 Å². The summed E-state index contributed by atoms with van der Waals surface area (Å²) in [4.78, 5) is 0. The highest BCUT2D eigenvalue weighted by atomic mass is 14.4. The van der Waals surface area contributed by atoms with Gasteiger partial charge >= 0.3 is 0 Å². The van der Waals surface area contributed by atoms with E-state index < -0.39 is 0 Å². The average molecular weight is 619 g/mol. The van der Waals surface area contributed by atoms with Crippen LogP contribution in [-0.2, 0) is 0 Å². The second-order valence-corrected chi connectivity index (χ2v) is 15.4. The summed E-state index contributed by atoms with van der Waals surface area (Å²) in [5.74, 6) is 0.973. The molecule has 0 heterocycles. The smallest absolute Gasteiger partial charge is 0.0269 e. The van der Waals surface area contributed by atoms with E-state index in [-0.39, 0.29) is 0 Å². The van der Waals surface area contributed by atoms with Crippen LogP contribution >= 0.6 is 0 Å². The van der Waals surface area contributed by atoms with Crippen LogP contribution < -0.4 is 0 Å². The minimum atomic E-state index is 0.641. The Morgan fingerprint density at radius 3 is 0.750 bits per heavy atom. The Hall–Kier alpha value is 0. The molecule has 0 saturated heterocycles. The lowest BCUT2D eigenvalue weighted by atomic mass is 9.63. The van der Waals surface area contributed by atoms with E-state index in [1.165, 1.54) is 218 Å². The molecule has 0 saturated carbocycles. The van der Waals surface area contributed by atoms with Crippen LogP contribution in [0.3, 0.4) is 0 Å². The van der Waals surface area contributed by atoms with E-state index in [0.29, 0.717) is 5.41 Å². The molecule has 0 N–H and O–H groups in total. The van der Waals surface area contributed by atoms with E-state index in [9.17, 15) is 0 Å². The first kappa shape index (κ1) is 44.0. The lowest BCUT2D eigenvalue weighted by molar-refractivity contribution is 0.0869. The van der Waals surface area contributed by atoms with Gasteiger partial charge in [0.15, 0.2) is 0 Å². The standard InChI is InChI=1S/C44H90/c1-6-11-15-19-23-27-31-35-39-43(10-5)44(40-36-32-28-24-20-16-12-7-2,41-37-33-29-25-21-17-13-8-3)42-38-34-30-26-22-18-14-9-4/h43H,6-42H2,1-5H3. The summed E-state index contributed by atoms with van der Waals surface area (Å²) in [6.45, 7) is 11.9. The Bertz CT molecular complexity index is 456. The van der Waals surface area contributed by atoms with Gasteiger partial charge in [-0.1, -0.05) is 247 Å². The molecule has 0 radical (unpaired) electrons. The first-order chi connectivity index (χ1) is 21.7. The van der Waals surface area contributed by atoms with Crippen LogP contribution in [0.5, 0.6) is 0 Å². The van der Waals surface area contributed by atoms with Crippen LogP contribution in [0.15, 0.2) is 0 Å². The Morgan fingerprint density at radius 2 is 0.500 bits per heavy atom. The molecule has 266 valence electrons. The maximum Gasteiger partial charge on any atom is -0.0269 e. The van der Waals surface area contributed by atoms with Crippen molar-refractivity contribution in [2.45, 2.75) is 272 Å². The van der Waals surface area contributed by atoms with E-state index in [2.05, 4.69) is 34.6 Å². The molecule has 0 amide bonds. The second-order valence-electron chi connectivity index (χ2n) is 15.4. The molecule has 0 heteroatoms. The molecule has 0 nitrogen and oxygen atoms in total. The first-order valence-corrected chi connectivity index (χ1v) is 21.7. The number of unbranched alkanes of at least 4 members (excludes halogenated alkanes) is 28. The second kappa shape index (κ2) is 35.8. The summed E-state index contributed by atoms with van der Waals surface area (Å²) < 4.78 is 0. The van der Waals surface area contributed by atoms with Crippen molar-refractivity contribution in [2.75, 3.05) is 0 Å². The van der Waals surface area contributed by atoms with E-state index in [1.54, 1.807) is 19.3 Å². The van der Waals surface area contributed by atoms with Gasteiger partial charge in [0.05, 0.1) is 0 Å². The molecule has 0 aliphatic rings. The van der Waals surface area contributed by atoms with Crippen molar-refractivity contribution in [3.05, 3.63) is 0 Å². The number of hydrogen-bond acceptors (Lipinski definition) is 0. The number of rotatable bonds is 38. The maximum atomic E-state index is 2.57. The van der Waals surface area contributed by atoms with E-state index in [0.717, 1.165) is 5.92 Å². The van der Waals surface area contributed by atoms with Crippen molar-refractivity contribution < 1.29 is 0 Å². The molecule has 0 aliphatic heterocycles. The number of hydrogen-bond donors (Lipinski definition) is 0. The average Bonchev–Trinajstić information content (AvgIpc) is 3.03. The minimum Gasteiger partial charge on any atom is -0.0654 e. The Balaban J connectivity index is 5.18. The van der Waals surface area contributed by atoms with Crippen molar-refractivity contribution >= 4 is 0 Å². The quantitative estimate of drug-likeness (QED) is 0.0604. The zero-order valence-corrected chi connectivity index (χ0v) is 32.2. The largest absolute Gasteiger partial charge is 0.0654 e. The minimum absolute atomic E-state index is 0.641. The van der Waals surface area contributed by atoms with Gasteiger partial charge in [-0.3, -0.25) is 0 Å². The third kappa shape index (κ3) is 27.1. The molecule has 0 aliphatic carbocycles. The third-order valence-electron chi connectivity index (χ3n) is 11.3. The van der Waals surface area contributed by atoms with E-state index in [1.807, 2.05) is 0 Å². The van der Waals surface area contributed by atoms with E-state index in [4.69, 9.17) is 0 Å². The van der Waals surface area contributed by atoms with Gasteiger partial charge in [0, 0.05) is 0 Å². The molecule has 0 rings (SSSR count). The lowest BCUT2D eigenvalue weighted by Gasteiger charge is -2.42. The Kier molecular flexibility index (Phi) is 35.8. The molecule has 1 unspecified atom stereocenters. The summed E-state index contributed by atoms with van der Waals surface area (Å²) in [7, 11) is 0. The molecule has 0 aromatic rings. The zero-order valence-electron chi connectivity index (χ0n) is 32.2. The van der Waals surface area contributed by atoms with Crippen LogP contribution in [0.2, 0.25) is 0 Å². The van der Waals surface area contributed by atoms with Crippen LogP contribution in [-0.4, -0.2) is 0 Å². The topological polar surface area (TPSA) is 0 Å².